The lowest BCUT2D eigenvalue weighted by Gasteiger charge is -2.20. The first-order valence-electron chi connectivity index (χ1n) is 5.28. The summed E-state index contributed by atoms with van der Waals surface area (Å²) in [5.74, 6) is -0.601. The molecule has 4 N–H and O–H groups in total. The molecule has 0 saturated heterocycles. The van der Waals surface area contributed by atoms with Gasteiger partial charge in [0.05, 0.1) is 6.61 Å². The predicted molar refractivity (Wildman–Crippen MR) is 60.3 cm³/mol. The van der Waals surface area contributed by atoms with Crippen LogP contribution in [-0.4, -0.2) is 51.1 Å². The van der Waals surface area contributed by atoms with E-state index in [1.807, 2.05) is 0 Å². The van der Waals surface area contributed by atoms with Crippen LogP contribution in [0.3, 0.4) is 0 Å². The van der Waals surface area contributed by atoms with Gasteiger partial charge in [-0.05, 0) is 5.56 Å². The van der Waals surface area contributed by atoms with Gasteiger partial charge in [-0.1, -0.05) is 30.3 Å². The Kier molecular flexibility index (Phi) is 5.24. The van der Waals surface area contributed by atoms with E-state index in [1.54, 1.807) is 30.3 Å². The molecule has 1 rings (SSSR count). The fraction of sp³-hybridized carbons (Fsp3) is 0.417. The second kappa shape index (κ2) is 6.46. The fourth-order valence-corrected chi connectivity index (χ4v) is 1.41. The molecular weight excluding hydrogens is 224 g/mol. The number of hydrogen-bond donors (Lipinski definition) is 4. The Morgan fingerprint density at radius 2 is 1.71 bits per heavy atom. The quantitative estimate of drug-likeness (QED) is 0.504. The molecule has 5 nitrogen and oxygen atoms in total. The van der Waals surface area contributed by atoms with Crippen molar-refractivity contribution >= 4 is 5.78 Å². The highest BCUT2D eigenvalue weighted by molar-refractivity contribution is 5.85. The van der Waals surface area contributed by atoms with E-state index in [4.69, 9.17) is 10.2 Å². The summed E-state index contributed by atoms with van der Waals surface area (Å²) in [6, 6.07) is 8.76. The summed E-state index contributed by atoms with van der Waals surface area (Å²) in [7, 11) is 0. The third-order valence-corrected chi connectivity index (χ3v) is 2.46. The van der Waals surface area contributed by atoms with Gasteiger partial charge < -0.3 is 20.4 Å². The van der Waals surface area contributed by atoms with Gasteiger partial charge in [-0.25, -0.2) is 0 Å². The SMILES string of the molecule is O=C(Cc1ccccc1)[C@H](O)[C@H](O)[C@H](O)CO. The van der Waals surface area contributed by atoms with E-state index in [9.17, 15) is 15.0 Å². The average molecular weight is 240 g/mol. The molecule has 0 aliphatic heterocycles. The molecule has 3 atom stereocenters. The second-order valence-corrected chi connectivity index (χ2v) is 3.81. The molecule has 5 heteroatoms. The lowest BCUT2D eigenvalue weighted by Crippen LogP contribution is -2.44. The third-order valence-electron chi connectivity index (χ3n) is 2.46. The van der Waals surface area contributed by atoms with Gasteiger partial charge in [0.1, 0.15) is 18.3 Å². The number of aliphatic hydroxyl groups is 4. The smallest absolute Gasteiger partial charge is 0.168 e. The van der Waals surface area contributed by atoms with Crippen molar-refractivity contribution < 1.29 is 25.2 Å². The summed E-state index contributed by atoms with van der Waals surface area (Å²) < 4.78 is 0. The molecule has 0 radical (unpaired) electrons. The van der Waals surface area contributed by atoms with Crippen molar-refractivity contribution in [2.45, 2.75) is 24.7 Å². The Hall–Kier alpha value is -1.27. The highest BCUT2D eigenvalue weighted by Gasteiger charge is 2.29. The number of ketones is 1. The molecule has 0 bridgehead atoms. The zero-order valence-corrected chi connectivity index (χ0v) is 9.23. The highest BCUT2D eigenvalue weighted by atomic mass is 16.4. The largest absolute Gasteiger partial charge is 0.394 e. The van der Waals surface area contributed by atoms with Crippen molar-refractivity contribution in [3.05, 3.63) is 35.9 Å². The van der Waals surface area contributed by atoms with E-state index >= 15 is 0 Å². The molecule has 1 aromatic rings. The number of hydrogen-bond acceptors (Lipinski definition) is 5. The number of carbonyl (C=O) groups excluding carboxylic acids is 1. The van der Waals surface area contributed by atoms with Crippen molar-refractivity contribution in [3.8, 4) is 0 Å². The maximum Gasteiger partial charge on any atom is 0.168 e. The van der Waals surface area contributed by atoms with E-state index in [0.29, 0.717) is 5.56 Å². The van der Waals surface area contributed by atoms with Crippen LogP contribution in [0.4, 0.5) is 0 Å². The first kappa shape index (κ1) is 13.8. The average Bonchev–Trinajstić information content (AvgIpc) is 2.37. The number of carbonyl (C=O) groups is 1. The Morgan fingerprint density at radius 1 is 1.12 bits per heavy atom. The Labute approximate surface area is 99.0 Å². The fourth-order valence-electron chi connectivity index (χ4n) is 1.41. The summed E-state index contributed by atoms with van der Waals surface area (Å²) in [5, 5.41) is 36.5. The molecule has 0 aromatic heterocycles. The maximum absolute atomic E-state index is 11.6. The van der Waals surface area contributed by atoms with Crippen LogP contribution in [0.5, 0.6) is 0 Å². The van der Waals surface area contributed by atoms with E-state index in [0.717, 1.165) is 0 Å². The van der Waals surface area contributed by atoms with Crippen molar-refractivity contribution in [2.24, 2.45) is 0 Å². The normalized spacial score (nSPS) is 16.2. The van der Waals surface area contributed by atoms with Gasteiger partial charge in [-0.15, -0.1) is 0 Å². The minimum absolute atomic E-state index is 0.0305. The maximum atomic E-state index is 11.6. The number of Topliss-reactive ketones (excluding diaryl/α,β-unsaturated/α-hetero) is 1. The van der Waals surface area contributed by atoms with Gasteiger partial charge in [-0.3, -0.25) is 4.79 Å². The lowest BCUT2D eigenvalue weighted by molar-refractivity contribution is -0.139. The van der Waals surface area contributed by atoms with Crippen LogP contribution in [0.2, 0.25) is 0 Å². The number of benzene rings is 1. The van der Waals surface area contributed by atoms with Crippen molar-refractivity contribution in [2.75, 3.05) is 6.61 Å². The highest BCUT2D eigenvalue weighted by Crippen LogP contribution is 2.07. The van der Waals surface area contributed by atoms with E-state index in [-0.39, 0.29) is 6.42 Å². The third kappa shape index (κ3) is 3.90. The Bertz CT molecular complexity index is 351. The lowest BCUT2D eigenvalue weighted by atomic mass is 9.99. The molecule has 0 amide bonds. The molecule has 0 aliphatic rings. The Balaban J connectivity index is 2.59. The van der Waals surface area contributed by atoms with Crippen LogP contribution in [0.15, 0.2) is 30.3 Å². The van der Waals surface area contributed by atoms with Crippen LogP contribution in [0, 0.1) is 0 Å². The molecule has 0 saturated carbocycles. The number of aliphatic hydroxyl groups excluding tert-OH is 4. The van der Waals surface area contributed by atoms with Gasteiger partial charge in [-0.2, -0.15) is 0 Å². The van der Waals surface area contributed by atoms with E-state index < -0.39 is 30.7 Å². The van der Waals surface area contributed by atoms with Crippen LogP contribution in [0.1, 0.15) is 5.56 Å². The van der Waals surface area contributed by atoms with Crippen molar-refractivity contribution in [1.29, 1.82) is 0 Å². The zero-order chi connectivity index (χ0) is 12.8. The van der Waals surface area contributed by atoms with E-state index in [1.165, 1.54) is 0 Å². The topological polar surface area (TPSA) is 98.0 Å². The standard InChI is InChI=1S/C12H16O5/c13-7-10(15)12(17)11(16)9(14)6-8-4-2-1-3-5-8/h1-5,10-13,15-17H,6-7H2/t10-,11+,12-/m1/s1. The minimum Gasteiger partial charge on any atom is -0.394 e. The molecule has 0 heterocycles. The molecule has 94 valence electrons. The molecule has 0 spiro atoms. The van der Waals surface area contributed by atoms with Crippen LogP contribution >= 0.6 is 0 Å². The van der Waals surface area contributed by atoms with Crippen molar-refractivity contribution in [1.82, 2.24) is 0 Å². The monoisotopic (exact) mass is 240 g/mol. The second-order valence-electron chi connectivity index (χ2n) is 3.81. The van der Waals surface area contributed by atoms with E-state index in [2.05, 4.69) is 0 Å². The van der Waals surface area contributed by atoms with Gasteiger partial charge in [0, 0.05) is 6.42 Å². The molecule has 1 aromatic carbocycles. The first-order chi connectivity index (χ1) is 8.06. The van der Waals surface area contributed by atoms with Crippen LogP contribution in [0.25, 0.3) is 0 Å². The molecule has 17 heavy (non-hydrogen) atoms. The Morgan fingerprint density at radius 3 is 2.24 bits per heavy atom. The summed E-state index contributed by atoms with van der Waals surface area (Å²) in [6.45, 7) is -0.711. The summed E-state index contributed by atoms with van der Waals surface area (Å²) in [4.78, 5) is 11.6. The molecular formula is C12H16O5. The molecule has 0 fully saturated rings. The van der Waals surface area contributed by atoms with Gasteiger partial charge in [0.25, 0.3) is 0 Å². The van der Waals surface area contributed by atoms with Crippen LogP contribution in [-0.2, 0) is 11.2 Å². The van der Waals surface area contributed by atoms with Crippen molar-refractivity contribution in [3.63, 3.8) is 0 Å². The van der Waals surface area contributed by atoms with Gasteiger partial charge in [0.15, 0.2) is 5.78 Å². The number of rotatable bonds is 6. The summed E-state index contributed by atoms with van der Waals surface area (Å²) in [5.41, 5.74) is 0.710. The molecule has 0 unspecified atom stereocenters. The minimum atomic E-state index is -1.70. The predicted octanol–water partition coefficient (Wildman–Crippen LogP) is -1.13. The zero-order valence-electron chi connectivity index (χ0n) is 9.23. The van der Waals surface area contributed by atoms with Crippen LogP contribution < -0.4 is 0 Å². The molecule has 0 aliphatic carbocycles. The first-order valence-corrected chi connectivity index (χ1v) is 5.28. The van der Waals surface area contributed by atoms with Gasteiger partial charge >= 0.3 is 0 Å². The summed E-state index contributed by atoms with van der Waals surface area (Å²) >= 11 is 0. The summed E-state index contributed by atoms with van der Waals surface area (Å²) in [6.07, 6.45) is -4.92. The van der Waals surface area contributed by atoms with Gasteiger partial charge in [0.2, 0.25) is 0 Å².